The van der Waals surface area contributed by atoms with Crippen molar-refractivity contribution in [3.63, 3.8) is 0 Å². The van der Waals surface area contributed by atoms with Crippen LogP contribution in [0.2, 0.25) is 0 Å². The first kappa shape index (κ1) is 11.5. The third kappa shape index (κ3) is 2.11. The van der Waals surface area contributed by atoms with Gasteiger partial charge in [-0.05, 0) is 23.8 Å². The van der Waals surface area contributed by atoms with E-state index in [1.807, 2.05) is 0 Å². The average Bonchev–Trinajstić information content (AvgIpc) is 2.32. The first-order valence-corrected chi connectivity index (χ1v) is 4.91. The van der Waals surface area contributed by atoms with Gasteiger partial charge in [0.2, 0.25) is 0 Å². The number of ether oxygens (including phenoxy) is 1. The lowest BCUT2D eigenvalue weighted by molar-refractivity contribution is 0.386. The molecule has 0 aliphatic rings. The van der Waals surface area contributed by atoms with Crippen LogP contribution in [0.25, 0.3) is 11.1 Å². The first-order valence-electron chi connectivity index (χ1n) is 4.91. The average molecular weight is 238 g/mol. The van der Waals surface area contributed by atoms with Crippen LogP contribution in [0.3, 0.4) is 0 Å². The lowest BCUT2D eigenvalue weighted by Crippen LogP contribution is -1.92. The molecule has 0 unspecified atom stereocenters. The van der Waals surface area contributed by atoms with Crippen molar-refractivity contribution in [1.29, 1.82) is 0 Å². The fourth-order valence-electron chi connectivity index (χ4n) is 1.56. The summed E-state index contributed by atoms with van der Waals surface area (Å²) in [4.78, 5) is 0. The van der Waals surface area contributed by atoms with Gasteiger partial charge in [0.15, 0.2) is 23.2 Å². The zero-order valence-corrected chi connectivity index (χ0v) is 9.01. The summed E-state index contributed by atoms with van der Waals surface area (Å²) >= 11 is 0. The van der Waals surface area contributed by atoms with Gasteiger partial charge in [0.25, 0.3) is 0 Å². The van der Waals surface area contributed by atoms with Crippen LogP contribution in [0.15, 0.2) is 36.4 Å². The zero-order valence-electron chi connectivity index (χ0n) is 9.01. The molecule has 0 aliphatic heterocycles. The highest BCUT2D eigenvalue weighted by Gasteiger charge is 2.11. The van der Waals surface area contributed by atoms with Gasteiger partial charge in [-0.3, -0.25) is 0 Å². The Labute approximate surface area is 96.5 Å². The van der Waals surface area contributed by atoms with Gasteiger partial charge in [0, 0.05) is 5.56 Å². The highest BCUT2D eigenvalue weighted by Crippen LogP contribution is 2.28. The fraction of sp³-hybridized carbons (Fsp3) is 0.0769. The number of methoxy groups -OCH3 is 1. The molecule has 0 spiro atoms. The molecule has 0 radical (unpaired) electrons. The Morgan fingerprint density at radius 2 is 1.71 bits per heavy atom. The van der Waals surface area contributed by atoms with E-state index in [0.29, 0.717) is 0 Å². The molecule has 17 heavy (non-hydrogen) atoms. The number of halogens is 3. The van der Waals surface area contributed by atoms with E-state index in [-0.39, 0.29) is 16.9 Å². The van der Waals surface area contributed by atoms with Gasteiger partial charge in [0.05, 0.1) is 7.11 Å². The largest absolute Gasteiger partial charge is 0.494 e. The van der Waals surface area contributed by atoms with E-state index in [0.717, 1.165) is 12.1 Å². The Morgan fingerprint density at radius 3 is 2.35 bits per heavy atom. The van der Waals surface area contributed by atoms with Crippen molar-refractivity contribution in [2.24, 2.45) is 0 Å². The molecule has 2 rings (SSSR count). The molecule has 0 heterocycles. The summed E-state index contributed by atoms with van der Waals surface area (Å²) in [5.74, 6) is -2.50. The summed E-state index contributed by atoms with van der Waals surface area (Å²) in [5, 5.41) is 0. The van der Waals surface area contributed by atoms with Crippen LogP contribution in [-0.2, 0) is 0 Å². The Morgan fingerprint density at radius 1 is 0.941 bits per heavy atom. The Hall–Kier alpha value is -1.97. The number of hydrogen-bond donors (Lipinski definition) is 0. The van der Waals surface area contributed by atoms with Crippen molar-refractivity contribution in [1.82, 2.24) is 0 Å². The van der Waals surface area contributed by atoms with Crippen LogP contribution in [0.1, 0.15) is 0 Å². The summed E-state index contributed by atoms with van der Waals surface area (Å²) in [6, 6.07) is 7.72. The summed E-state index contributed by atoms with van der Waals surface area (Å²) in [6.07, 6.45) is 0. The van der Waals surface area contributed by atoms with Crippen molar-refractivity contribution in [2.45, 2.75) is 0 Å². The van der Waals surface area contributed by atoms with Crippen LogP contribution in [0, 0.1) is 17.5 Å². The van der Waals surface area contributed by atoms with Crippen molar-refractivity contribution in [3.8, 4) is 16.9 Å². The molecule has 0 amide bonds. The van der Waals surface area contributed by atoms with Crippen molar-refractivity contribution >= 4 is 0 Å². The standard InChI is InChI=1S/C13H9F3O/c1-17-12-6-5-8(7-11(12)15)9-3-2-4-10(14)13(9)16/h2-7H,1H3. The van der Waals surface area contributed by atoms with E-state index in [1.165, 1.54) is 31.4 Å². The number of hydrogen-bond acceptors (Lipinski definition) is 1. The molecule has 2 aromatic carbocycles. The Balaban J connectivity index is 2.54. The molecule has 88 valence electrons. The highest BCUT2D eigenvalue weighted by molar-refractivity contribution is 5.65. The van der Waals surface area contributed by atoms with Crippen molar-refractivity contribution in [2.75, 3.05) is 7.11 Å². The van der Waals surface area contributed by atoms with Gasteiger partial charge < -0.3 is 4.74 Å². The molecular weight excluding hydrogens is 229 g/mol. The Kier molecular flexibility index (Phi) is 3.04. The summed E-state index contributed by atoms with van der Waals surface area (Å²) in [7, 11) is 1.33. The van der Waals surface area contributed by atoms with Crippen LogP contribution in [0.5, 0.6) is 5.75 Å². The number of rotatable bonds is 2. The van der Waals surface area contributed by atoms with Gasteiger partial charge in [0.1, 0.15) is 0 Å². The normalized spacial score (nSPS) is 10.4. The van der Waals surface area contributed by atoms with Crippen LogP contribution >= 0.6 is 0 Å². The molecule has 1 nitrogen and oxygen atoms in total. The van der Waals surface area contributed by atoms with Crippen LogP contribution < -0.4 is 4.74 Å². The smallest absolute Gasteiger partial charge is 0.166 e. The maximum Gasteiger partial charge on any atom is 0.166 e. The van der Waals surface area contributed by atoms with Gasteiger partial charge in [-0.2, -0.15) is 0 Å². The molecule has 0 saturated heterocycles. The minimum Gasteiger partial charge on any atom is -0.494 e. The second-order valence-electron chi connectivity index (χ2n) is 3.45. The molecule has 0 atom stereocenters. The monoisotopic (exact) mass is 238 g/mol. The van der Waals surface area contributed by atoms with E-state index in [1.54, 1.807) is 0 Å². The molecule has 0 N–H and O–H groups in total. The first-order chi connectivity index (χ1) is 8.13. The second-order valence-corrected chi connectivity index (χ2v) is 3.45. The summed E-state index contributed by atoms with van der Waals surface area (Å²) < 4.78 is 44.7. The van der Waals surface area contributed by atoms with Gasteiger partial charge >= 0.3 is 0 Å². The van der Waals surface area contributed by atoms with Crippen LogP contribution in [0.4, 0.5) is 13.2 Å². The number of benzene rings is 2. The van der Waals surface area contributed by atoms with E-state index in [9.17, 15) is 13.2 Å². The lowest BCUT2D eigenvalue weighted by Gasteiger charge is -2.06. The zero-order chi connectivity index (χ0) is 12.4. The molecular formula is C13H9F3O. The maximum atomic E-state index is 13.5. The van der Waals surface area contributed by atoms with Crippen molar-refractivity contribution in [3.05, 3.63) is 53.8 Å². The minimum absolute atomic E-state index is 0.0200. The predicted octanol–water partition coefficient (Wildman–Crippen LogP) is 3.78. The molecule has 0 aliphatic carbocycles. The molecule has 0 bridgehead atoms. The van der Waals surface area contributed by atoms with Gasteiger partial charge in [-0.1, -0.05) is 18.2 Å². The third-order valence-corrected chi connectivity index (χ3v) is 2.41. The van der Waals surface area contributed by atoms with Crippen molar-refractivity contribution < 1.29 is 17.9 Å². The van der Waals surface area contributed by atoms with E-state index < -0.39 is 17.5 Å². The summed E-state index contributed by atoms with van der Waals surface area (Å²) in [5.41, 5.74) is 0.284. The van der Waals surface area contributed by atoms with E-state index in [4.69, 9.17) is 4.74 Å². The fourth-order valence-corrected chi connectivity index (χ4v) is 1.56. The third-order valence-electron chi connectivity index (χ3n) is 2.41. The van der Waals surface area contributed by atoms with Crippen LogP contribution in [-0.4, -0.2) is 7.11 Å². The maximum absolute atomic E-state index is 13.5. The second kappa shape index (κ2) is 4.49. The quantitative estimate of drug-likeness (QED) is 0.773. The topological polar surface area (TPSA) is 9.23 Å². The minimum atomic E-state index is -0.989. The highest BCUT2D eigenvalue weighted by atomic mass is 19.2. The molecule has 2 aromatic rings. The molecule has 4 heteroatoms. The summed E-state index contributed by atoms with van der Waals surface area (Å²) in [6.45, 7) is 0. The predicted molar refractivity (Wildman–Crippen MR) is 58.3 cm³/mol. The van der Waals surface area contributed by atoms with E-state index in [2.05, 4.69) is 0 Å². The van der Waals surface area contributed by atoms with Gasteiger partial charge in [-0.15, -0.1) is 0 Å². The molecule has 0 aromatic heterocycles. The molecule has 0 saturated carbocycles. The van der Waals surface area contributed by atoms with Gasteiger partial charge in [-0.25, -0.2) is 13.2 Å². The van der Waals surface area contributed by atoms with E-state index >= 15 is 0 Å². The lowest BCUT2D eigenvalue weighted by atomic mass is 10.0. The Bertz CT molecular complexity index is 552. The molecule has 0 fully saturated rings. The SMILES string of the molecule is COc1ccc(-c2cccc(F)c2F)cc1F.